The summed E-state index contributed by atoms with van der Waals surface area (Å²) >= 11 is 0. The molecule has 3 rings (SSSR count). The standard InChI is InChI=1S/C16H23N3O4/c1-2-18-6-3-13(10-18)15(20)17-14-11-23-19(16(14)21)9-12-4-7-22-8-5-12/h3,6,10,12,14H,2,4-5,7-9,11H2,1H3,(H,17,20)/t14-/m1/s1. The molecular formula is C16H23N3O4. The second-order valence-corrected chi connectivity index (χ2v) is 6.01. The Morgan fingerprint density at radius 3 is 2.87 bits per heavy atom. The van der Waals surface area contributed by atoms with Crippen molar-refractivity contribution in [3.8, 4) is 0 Å². The molecule has 2 aliphatic rings. The minimum Gasteiger partial charge on any atom is -0.381 e. The molecule has 0 bridgehead atoms. The van der Waals surface area contributed by atoms with Gasteiger partial charge in [-0.25, -0.2) is 5.06 Å². The third-order valence-electron chi connectivity index (χ3n) is 4.39. The summed E-state index contributed by atoms with van der Waals surface area (Å²) in [6.45, 7) is 5.05. The lowest BCUT2D eigenvalue weighted by Crippen LogP contribution is -2.43. The molecular weight excluding hydrogens is 298 g/mol. The maximum absolute atomic E-state index is 12.4. The van der Waals surface area contributed by atoms with Crippen LogP contribution in [0.3, 0.4) is 0 Å². The molecule has 7 nitrogen and oxygen atoms in total. The van der Waals surface area contributed by atoms with Crippen LogP contribution >= 0.6 is 0 Å². The van der Waals surface area contributed by atoms with Gasteiger partial charge in [-0.15, -0.1) is 0 Å². The van der Waals surface area contributed by atoms with E-state index in [1.165, 1.54) is 5.06 Å². The van der Waals surface area contributed by atoms with Crippen LogP contribution in [0.1, 0.15) is 30.1 Å². The van der Waals surface area contributed by atoms with E-state index < -0.39 is 6.04 Å². The molecule has 2 aliphatic heterocycles. The highest BCUT2D eigenvalue weighted by Crippen LogP contribution is 2.19. The Labute approximate surface area is 135 Å². The number of rotatable bonds is 5. The summed E-state index contributed by atoms with van der Waals surface area (Å²) < 4.78 is 7.24. The van der Waals surface area contributed by atoms with Crippen LogP contribution in [0, 0.1) is 5.92 Å². The fourth-order valence-electron chi connectivity index (χ4n) is 2.90. The first-order valence-corrected chi connectivity index (χ1v) is 8.16. The summed E-state index contributed by atoms with van der Waals surface area (Å²) in [6.07, 6.45) is 5.50. The summed E-state index contributed by atoms with van der Waals surface area (Å²) in [7, 11) is 0. The van der Waals surface area contributed by atoms with Gasteiger partial charge >= 0.3 is 0 Å². The molecule has 1 aromatic rings. The first-order valence-electron chi connectivity index (χ1n) is 8.16. The summed E-state index contributed by atoms with van der Waals surface area (Å²) in [6, 6.07) is 1.14. The molecule has 0 aliphatic carbocycles. The van der Waals surface area contributed by atoms with Gasteiger partial charge in [0.25, 0.3) is 11.8 Å². The van der Waals surface area contributed by atoms with Gasteiger partial charge < -0.3 is 14.6 Å². The smallest absolute Gasteiger partial charge is 0.271 e. The van der Waals surface area contributed by atoms with E-state index in [9.17, 15) is 9.59 Å². The maximum atomic E-state index is 12.4. The van der Waals surface area contributed by atoms with E-state index in [1.54, 1.807) is 12.3 Å². The molecule has 2 amide bonds. The second-order valence-electron chi connectivity index (χ2n) is 6.01. The van der Waals surface area contributed by atoms with Gasteiger partial charge in [0.05, 0.1) is 12.1 Å². The lowest BCUT2D eigenvalue weighted by Gasteiger charge is -2.25. The molecule has 1 N–H and O–H groups in total. The minimum atomic E-state index is -0.604. The van der Waals surface area contributed by atoms with Gasteiger partial charge in [-0.05, 0) is 31.7 Å². The molecule has 126 valence electrons. The summed E-state index contributed by atoms with van der Waals surface area (Å²) in [4.78, 5) is 30.0. The first kappa shape index (κ1) is 16.0. The van der Waals surface area contributed by atoms with Gasteiger partial charge in [0.15, 0.2) is 0 Å². The van der Waals surface area contributed by atoms with Crippen LogP contribution in [0.2, 0.25) is 0 Å². The molecule has 0 spiro atoms. The maximum Gasteiger partial charge on any atom is 0.271 e. The third kappa shape index (κ3) is 3.73. The SMILES string of the molecule is CCn1ccc(C(=O)N[C@@H]2CON(CC3CCOCC3)C2=O)c1. The molecule has 0 radical (unpaired) electrons. The molecule has 0 saturated carbocycles. The zero-order valence-corrected chi connectivity index (χ0v) is 13.4. The van der Waals surface area contributed by atoms with E-state index in [0.717, 1.165) is 32.6 Å². The number of hydrogen-bond donors (Lipinski definition) is 1. The van der Waals surface area contributed by atoms with Gasteiger partial charge in [0.2, 0.25) is 0 Å². The topological polar surface area (TPSA) is 72.8 Å². The number of ether oxygens (including phenoxy) is 1. The van der Waals surface area contributed by atoms with Crippen molar-refractivity contribution in [1.29, 1.82) is 0 Å². The summed E-state index contributed by atoms with van der Waals surface area (Å²) in [5.41, 5.74) is 0.558. The van der Waals surface area contributed by atoms with Gasteiger partial charge in [0.1, 0.15) is 12.6 Å². The fraction of sp³-hybridized carbons (Fsp3) is 0.625. The number of carbonyl (C=O) groups excluding carboxylic acids is 2. The average molecular weight is 321 g/mol. The molecule has 1 atom stereocenters. The van der Waals surface area contributed by atoms with E-state index in [0.29, 0.717) is 18.0 Å². The van der Waals surface area contributed by atoms with Gasteiger partial charge in [-0.2, -0.15) is 0 Å². The molecule has 1 aromatic heterocycles. The molecule has 0 aromatic carbocycles. The predicted molar refractivity (Wildman–Crippen MR) is 82.6 cm³/mol. The van der Waals surface area contributed by atoms with Crippen molar-refractivity contribution in [1.82, 2.24) is 14.9 Å². The summed E-state index contributed by atoms with van der Waals surface area (Å²) in [5.74, 6) is -0.00688. The van der Waals surface area contributed by atoms with E-state index in [4.69, 9.17) is 9.57 Å². The van der Waals surface area contributed by atoms with Crippen LogP contribution in [0.4, 0.5) is 0 Å². The highest BCUT2D eigenvalue weighted by atomic mass is 16.7. The minimum absolute atomic E-state index is 0.167. The van der Waals surface area contributed by atoms with Crippen LogP contribution < -0.4 is 5.32 Å². The Morgan fingerprint density at radius 1 is 1.39 bits per heavy atom. The lowest BCUT2D eigenvalue weighted by molar-refractivity contribution is -0.166. The molecule has 0 unspecified atom stereocenters. The van der Waals surface area contributed by atoms with E-state index >= 15 is 0 Å². The van der Waals surface area contributed by atoms with Crippen molar-refractivity contribution < 1.29 is 19.2 Å². The van der Waals surface area contributed by atoms with E-state index in [1.807, 2.05) is 17.7 Å². The quantitative estimate of drug-likeness (QED) is 0.871. The number of aromatic nitrogens is 1. The van der Waals surface area contributed by atoms with Gasteiger partial charge in [-0.3, -0.25) is 14.4 Å². The zero-order valence-electron chi connectivity index (χ0n) is 13.4. The number of nitrogens with zero attached hydrogens (tertiary/aromatic N) is 2. The second kappa shape index (κ2) is 7.14. The molecule has 2 saturated heterocycles. The zero-order chi connectivity index (χ0) is 16.2. The highest BCUT2D eigenvalue weighted by molar-refractivity contribution is 5.97. The van der Waals surface area contributed by atoms with Gasteiger partial charge in [-0.1, -0.05) is 0 Å². The molecule has 23 heavy (non-hydrogen) atoms. The lowest BCUT2D eigenvalue weighted by atomic mass is 10.0. The average Bonchev–Trinajstić information content (AvgIpc) is 3.18. The van der Waals surface area contributed by atoms with Crippen molar-refractivity contribution in [2.75, 3.05) is 26.4 Å². The van der Waals surface area contributed by atoms with Crippen LogP contribution in [-0.4, -0.2) is 53.9 Å². The normalized spacial score (nSPS) is 22.6. The fourth-order valence-corrected chi connectivity index (χ4v) is 2.90. The van der Waals surface area contributed by atoms with Crippen LogP contribution in [0.25, 0.3) is 0 Å². The van der Waals surface area contributed by atoms with Gasteiger partial charge in [0, 0.05) is 32.2 Å². The van der Waals surface area contributed by atoms with Crippen molar-refractivity contribution >= 4 is 11.8 Å². The first-order chi connectivity index (χ1) is 11.2. The number of amides is 2. The van der Waals surface area contributed by atoms with E-state index in [-0.39, 0.29) is 18.4 Å². The Hall–Kier alpha value is -1.86. The molecule has 2 fully saturated rings. The number of hydroxylamine groups is 2. The van der Waals surface area contributed by atoms with E-state index in [2.05, 4.69) is 5.32 Å². The summed E-state index contributed by atoms with van der Waals surface area (Å²) in [5, 5.41) is 4.16. The Kier molecular flexibility index (Phi) is 4.97. The Bertz CT molecular complexity index is 565. The number of nitrogens with one attached hydrogen (secondary N) is 1. The number of carbonyl (C=O) groups is 2. The van der Waals surface area contributed by atoms with Crippen LogP contribution in [0.15, 0.2) is 18.5 Å². The predicted octanol–water partition coefficient (Wildman–Crippen LogP) is 0.807. The third-order valence-corrected chi connectivity index (χ3v) is 4.39. The Morgan fingerprint density at radius 2 is 2.17 bits per heavy atom. The molecule has 3 heterocycles. The molecule has 7 heteroatoms. The van der Waals surface area contributed by atoms with Crippen molar-refractivity contribution in [2.24, 2.45) is 5.92 Å². The van der Waals surface area contributed by atoms with Crippen molar-refractivity contribution in [3.05, 3.63) is 24.0 Å². The van der Waals surface area contributed by atoms with Crippen molar-refractivity contribution in [3.63, 3.8) is 0 Å². The Balaban J connectivity index is 1.53. The monoisotopic (exact) mass is 321 g/mol. The van der Waals surface area contributed by atoms with Crippen LogP contribution in [-0.2, 0) is 20.9 Å². The van der Waals surface area contributed by atoms with Crippen LogP contribution in [0.5, 0.6) is 0 Å². The number of aryl methyl sites for hydroxylation is 1. The number of hydrogen-bond acceptors (Lipinski definition) is 4. The largest absolute Gasteiger partial charge is 0.381 e. The van der Waals surface area contributed by atoms with Crippen molar-refractivity contribution in [2.45, 2.75) is 32.4 Å². The highest BCUT2D eigenvalue weighted by Gasteiger charge is 2.36.